The van der Waals surface area contributed by atoms with Gasteiger partial charge in [-0.05, 0) is 12.1 Å². The molecule has 0 spiro atoms. The lowest BCUT2D eigenvalue weighted by atomic mass is 10.1. The number of ether oxygens (including phenoxy) is 1. The normalized spacial score (nSPS) is 10.7. The Morgan fingerprint density at radius 1 is 1.30 bits per heavy atom. The number of anilines is 1. The summed E-state index contributed by atoms with van der Waals surface area (Å²) >= 11 is 0. The van der Waals surface area contributed by atoms with E-state index < -0.39 is 5.97 Å². The summed E-state index contributed by atoms with van der Waals surface area (Å²) in [6, 6.07) is 8.94. The number of aromatic carboxylic acids is 1. The summed E-state index contributed by atoms with van der Waals surface area (Å²) in [5, 5.41) is 21.5. The van der Waals surface area contributed by atoms with Crippen LogP contribution in [0.3, 0.4) is 0 Å². The molecule has 1 aromatic heterocycles. The van der Waals surface area contributed by atoms with Crippen molar-refractivity contribution in [3.8, 4) is 0 Å². The third kappa shape index (κ3) is 3.43. The van der Waals surface area contributed by atoms with Gasteiger partial charge in [-0.2, -0.15) is 0 Å². The van der Waals surface area contributed by atoms with Crippen molar-refractivity contribution in [2.45, 2.75) is 0 Å². The fourth-order valence-corrected chi connectivity index (χ4v) is 1.82. The predicted molar refractivity (Wildman–Crippen MR) is 75.1 cm³/mol. The van der Waals surface area contributed by atoms with Crippen molar-refractivity contribution in [2.75, 3.05) is 31.7 Å². The number of aliphatic hydroxyl groups is 1. The molecule has 0 atom stereocenters. The number of aliphatic hydroxyl groups excluding tert-OH is 1. The first-order valence-corrected chi connectivity index (χ1v) is 6.28. The molecule has 0 unspecified atom stereocenters. The predicted octanol–water partition coefficient (Wildman–Crippen LogP) is 1.35. The lowest BCUT2D eigenvalue weighted by Crippen LogP contribution is -2.14. The van der Waals surface area contributed by atoms with E-state index in [1.54, 1.807) is 6.07 Å². The number of carboxylic acid groups (broad SMARTS) is 1. The van der Waals surface area contributed by atoms with Gasteiger partial charge >= 0.3 is 5.97 Å². The molecule has 0 aliphatic rings. The smallest absolute Gasteiger partial charge is 0.339 e. The standard InChI is InChI=1S/C14H16N2O4/c17-6-8-20-7-5-15-13-11(14(18)19)9-10-3-1-2-4-12(10)16-13/h1-4,9,17H,5-8H2,(H,15,16)(H,18,19). The van der Waals surface area contributed by atoms with Crippen LogP contribution in [0.5, 0.6) is 0 Å². The molecule has 0 saturated heterocycles. The summed E-state index contributed by atoms with van der Waals surface area (Å²) < 4.78 is 5.10. The largest absolute Gasteiger partial charge is 0.478 e. The molecule has 6 nitrogen and oxygen atoms in total. The minimum atomic E-state index is -1.03. The zero-order valence-corrected chi connectivity index (χ0v) is 10.9. The molecule has 0 bridgehead atoms. The highest BCUT2D eigenvalue weighted by molar-refractivity contribution is 5.98. The van der Waals surface area contributed by atoms with Gasteiger partial charge in [0.25, 0.3) is 0 Å². The number of rotatable bonds is 7. The molecule has 0 fully saturated rings. The first kappa shape index (κ1) is 14.2. The first-order chi connectivity index (χ1) is 9.72. The molecular formula is C14H16N2O4. The fraction of sp³-hybridized carbons (Fsp3) is 0.286. The van der Waals surface area contributed by atoms with E-state index in [0.29, 0.717) is 19.0 Å². The molecule has 2 rings (SSSR count). The van der Waals surface area contributed by atoms with E-state index in [4.69, 9.17) is 9.84 Å². The molecule has 3 N–H and O–H groups in total. The summed E-state index contributed by atoms with van der Waals surface area (Å²) in [6.45, 7) is 1.02. The Morgan fingerprint density at radius 3 is 2.85 bits per heavy atom. The third-order valence-electron chi connectivity index (χ3n) is 2.73. The Labute approximate surface area is 116 Å². The van der Waals surface area contributed by atoms with E-state index in [2.05, 4.69) is 10.3 Å². The van der Waals surface area contributed by atoms with Crippen LogP contribution in [0.2, 0.25) is 0 Å². The van der Waals surface area contributed by atoms with Gasteiger partial charge in [0.05, 0.1) is 25.3 Å². The number of aromatic nitrogens is 1. The molecule has 20 heavy (non-hydrogen) atoms. The van der Waals surface area contributed by atoms with Crippen LogP contribution in [0.25, 0.3) is 10.9 Å². The molecule has 0 saturated carbocycles. The number of benzene rings is 1. The highest BCUT2D eigenvalue weighted by Gasteiger charge is 2.12. The molecule has 2 aromatic rings. The Bertz CT molecular complexity index is 601. The molecule has 6 heteroatoms. The number of fused-ring (bicyclic) bond motifs is 1. The minimum absolute atomic E-state index is 0.0331. The van der Waals surface area contributed by atoms with Crippen LogP contribution in [0, 0.1) is 0 Å². The molecular weight excluding hydrogens is 260 g/mol. The topological polar surface area (TPSA) is 91.7 Å². The Morgan fingerprint density at radius 2 is 2.10 bits per heavy atom. The number of carboxylic acids is 1. The molecule has 0 amide bonds. The molecule has 0 aliphatic heterocycles. The minimum Gasteiger partial charge on any atom is -0.478 e. The lowest BCUT2D eigenvalue weighted by Gasteiger charge is -2.10. The fourth-order valence-electron chi connectivity index (χ4n) is 1.82. The van der Waals surface area contributed by atoms with Crippen LogP contribution in [0.1, 0.15) is 10.4 Å². The summed E-state index contributed by atoms with van der Waals surface area (Å²) in [6.07, 6.45) is 0. The summed E-state index contributed by atoms with van der Waals surface area (Å²) in [5.74, 6) is -0.703. The van der Waals surface area contributed by atoms with Gasteiger partial charge in [-0.1, -0.05) is 18.2 Å². The van der Waals surface area contributed by atoms with Gasteiger partial charge in [0.2, 0.25) is 0 Å². The van der Waals surface area contributed by atoms with Crippen molar-refractivity contribution in [2.24, 2.45) is 0 Å². The van der Waals surface area contributed by atoms with E-state index in [9.17, 15) is 9.90 Å². The summed E-state index contributed by atoms with van der Waals surface area (Å²) in [5.41, 5.74) is 0.863. The molecule has 0 radical (unpaired) electrons. The maximum Gasteiger partial charge on any atom is 0.339 e. The maximum atomic E-state index is 11.3. The van der Waals surface area contributed by atoms with Crippen molar-refractivity contribution in [3.05, 3.63) is 35.9 Å². The number of nitrogens with zero attached hydrogens (tertiary/aromatic N) is 1. The van der Waals surface area contributed by atoms with Gasteiger partial charge in [0.1, 0.15) is 11.4 Å². The van der Waals surface area contributed by atoms with E-state index in [1.807, 2.05) is 24.3 Å². The average molecular weight is 276 g/mol. The number of carbonyl (C=O) groups is 1. The second-order valence-electron chi connectivity index (χ2n) is 4.15. The van der Waals surface area contributed by atoms with E-state index in [0.717, 1.165) is 10.9 Å². The zero-order chi connectivity index (χ0) is 14.4. The monoisotopic (exact) mass is 276 g/mol. The van der Waals surface area contributed by atoms with E-state index in [-0.39, 0.29) is 18.8 Å². The molecule has 0 aliphatic carbocycles. The SMILES string of the molecule is O=C(O)c1cc2ccccc2nc1NCCOCCO. The quantitative estimate of drug-likeness (QED) is 0.661. The second-order valence-corrected chi connectivity index (χ2v) is 4.15. The van der Waals surface area contributed by atoms with Crippen LogP contribution in [-0.2, 0) is 4.74 Å². The highest BCUT2D eigenvalue weighted by atomic mass is 16.5. The number of hydrogen-bond donors (Lipinski definition) is 3. The van der Waals surface area contributed by atoms with Crippen LogP contribution in [0.4, 0.5) is 5.82 Å². The second kappa shape index (κ2) is 6.83. The zero-order valence-electron chi connectivity index (χ0n) is 10.9. The van der Waals surface area contributed by atoms with E-state index in [1.165, 1.54) is 0 Å². The maximum absolute atomic E-state index is 11.3. The molecule has 1 heterocycles. The van der Waals surface area contributed by atoms with Gasteiger partial charge in [-0.3, -0.25) is 0 Å². The van der Waals surface area contributed by atoms with Crippen LogP contribution < -0.4 is 5.32 Å². The van der Waals surface area contributed by atoms with Crippen molar-refractivity contribution >= 4 is 22.7 Å². The van der Waals surface area contributed by atoms with E-state index >= 15 is 0 Å². The highest BCUT2D eigenvalue weighted by Crippen LogP contribution is 2.20. The number of hydrogen-bond acceptors (Lipinski definition) is 5. The average Bonchev–Trinajstić information content (AvgIpc) is 2.46. The van der Waals surface area contributed by atoms with Gasteiger partial charge in [-0.15, -0.1) is 0 Å². The number of para-hydroxylation sites is 1. The number of nitrogens with one attached hydrogen (secondary N) is 1. The Balaban J connectivity index is 2.17. The summed E-state index contributed by atoms with van der Waals surface area (Å²) in [7, 11) is 0. The van der Waals surface area contributed by atoms with Gasteiger partial charge in [0, 0.05) is 11.9 Å². The first-order valence-electron chi connectivity index (χ1n) is 6.28. The Hall–Kier alpha value is -2.18. The van der Waals surface area contributed by atoms with Crippen molar-refractivity contribution in [1.29, 1.82) is 0 Å². The number of pyridine rings is 1. The van der Waals surface area contributed by atoms with Crippen molar-refractivity contribution < 1.29 is 19.7 Å². The van der Waals surface area contributed by atoms with Crippen LogP contribution in [0.15, 0.2) is 30.3 Å². The van der Waals surface area contributed by atoms with Gasteiger partial charge < -0.3 is 20.3 Å². The van der Waals surface area contributed by atoms with Crippen molar-refractivity contribution in [3.63, 3.8) is 0 Å². The lowest BCUT2D eigenvalue weighted by molar-refractivity contribution is 0.0697. The van der Waals surface area contributed by atoms with Crippen molar-refractivity contribution in [1.82, 2.24) is 4.98 Å². The van der Waals surface area contributed by atoms with Crippen LogP contribution in [-0.4, -0.2) is 47.5 Å². The summed E-state index contributed by atoms with van der Waals surface area (Å²) in [4.78, 5) is 15.6. The van der Waals surface area contributed by atoms with Gasteiger partial charge in [0.15, 0.2) is 0 Å². The van der Waals surface area contributed by atoms with Crippen LogP contribution >= 0.6 is 0 Å². The van der Waals surface area contributed by atoms with Gasteiger partial charge in [-0.25, -0.2) is 9.78 Å². The molecule has 1 aromatic carbocycles. The molecule has 106 valence electrons. The third-order valence-corrected chi connectivity index (χ3v) is 2.73. The Kier molecular flexibility index (Phi) is 4.86.